The maximum Gasteiger partial charge on any atom is 0.228 e. The molecule has 4 nitrogen and oxygen atoms in total. The first-order valence-corrected chi connectivity index (χ1v) is 7.70. The zero-order valence-electron chi connectivity index (χ0n) is 12.6. The van der Waals surface area contributed by atoms with E-state index in [1.807, 2.05) is 42.5 Å². The Morgan fingerprint density at radius 2 is 1.86 bits per heavy atom. The molecule has 1 aliphatic rings. The van der Waals surface area contributed by atoms with E-state index in [4.69, 9.17) is 5.73 Å². The van der Waals surface area contributed by atoms with Gasteiger partial charge < -0.3 is 16.0 Å². The second-order valence-corrected chi connectivity index (χ2v) is 5.71. The van der Waals surface area contributed by atoms with E-state index in [1.54, 1.807) is 0 Å². The van der Waals surface area contributed by atoms with Crippen molar-refractivity contribution in [3.8, 4) is 0 Å². The van der Waals surface area contributed by atoms with Gasteiger partial charge in [0.2, 0.25) is 5.91 Å². The molecule has 0 spiro atoms. The molecule has 0 radical (unpaired) electrons. The number of nitrogens with two attached hydrogens (primary N) is 1. The van der Waals surface area contributed by atoms with Crippen LogP contribution in [0.4, 0.5) is 17.1 Å². The summed E-state index contributed by atoms with van der Waals surface area (Å²) in [6.45, 7) is 2.20. The maximum atomic E-state index is 12.2. The highest BCUT2D eigenvalue weighted by Crippen LogP contribution is 2.23. The summed E-state index contributed by atoms with van der Waals surface area (Å²) in [4.78, 5) is 14.5. The molecule has 22 heavy (non-hydrogen) atoms. The Labute approximate surface area is 130 Å². The lowest BCUT2D eigenvalue weighted by Gasteiger charge is -2.18. The lowest BCUT2D eigenvalue weighted by atomic mass is 10.1. The van der Waals surface area contributed by atoms with Crippen molar-refractivity contribution >= 4 is 23.0 Å². The van der Waals surface area contributed by atoms with Crippen molar-refractivity contribution in [3.63, 3.8) is 0 Å². The Morgan fingerprint density at radius 3 is 2.64 bits per heavy atom. The van der Waals surface area contributed by atoms with Crippen LogP contribution in [0.25, 0.3) is 0 Å². The standard InChI is InChI=1S/C18H21N3O/c19-15-6-3-5-14(11-15)12-18(22)20-16-7-4-8-17(13-16)21-9-1-2-10-21/h3-8,11,13H,1-2,9-10,12,19H2,(H,20,22). The Kier molecular flexibility index (Phi) is 4.28. The largest absolute Gasteiger partial charge is 0.399 e. The van der Waals surface area contributed by atoms with Crippen molar-refractivity contribution in [2.75, 3.05) is 29.0 Å². The van der Waals surface area contributed by atoms with E-state index in [0.717, 1.165) is 24.3 Å². The van der Waals surface area contributed by atoms with Gasteiger partial charge in [0.25, 0.3) is 0 Å². The molecule has 2 aromatic carbocycles. The van der Waals surface area contributed by atoms with Gasteiger partial charge in [-0.05, 0) is 48.7 Å². The molecule has 1 saturated heterocycles. The van der Waals surface area contributed by atoms with Gasteiger partial charge in [-0.15, -0.1) is 0 Å². The van der Waals surface area contributed by atoms with Crippen LogP contribution < -0.4 is 16.0 Å². The van der Waals surface area contributed by atoms with Gasteiger partial charge in [-0.25, -0.2) is 0 Å². The monoisotopic (exact) mass is 295 g/mol. The lowest BCUT2D eigenvalue weighted by Crippen LogP contribution is -2.18. The van der Waals surface area contributed by atoms with Crippen molar-refractivity contribution < 1.29 is 4.79 Å². The number of nitrogen functional groups attached to an aromatic ring is 1. The van der Waals surface area contributed by atoms with Gasteiger partial charge in [-0.2, -0.15) is 0 Å². The molecule has 1 heterocycles. The van der Waals surface area contributed by atoms with Crippen molar-refractivity contribution in [2.24, 2.45) is 0 Å². The molecular weight excluding hydrogens is 274 g/mol. The summed E-state index contributed by atoms with van der Waals surface area (Å²) in [6, 6.07) is 15.5. The van der Waals surface area contributed by atoms with E-state index in [1.165, 1.54) is 18.5 Å². The van der Waals surface area contributed by atoms with Gasteiger partial charge in [0, 0.05) is 30.2 Å². The summed E-state index contributed by atoms with van der Waals surface area (Å²) in [5.41, 5.74) is 9.37. The number of rotatable bonds is 4. The molecule has 1 aliphatic heterocycles. The van der Waals surface area contributed by atoms with Crippen LogP contribution in [-0.4, -0.2) is 19.0 Å². The number of hydrogen-bond acceptors (Lipinski definition) is 3. The van der Waals surface area contributed by atoms with E-state index in [-0.39, 0.29) is 5.91 Å². The van der Waals surface area contributed by atoms with E-state index >= 15 is 0 Å². The number of anilines is 3. The first kappa shape index (κ1) is 14.4. The highest BCUT2D eigenvalue weighted by Gasteiger charge is 2.13. The summed E-state index contributed by atoms with van der Waals surface area (Å²) in [7, 11) is 0. The second-order valence-electron chi connectivity index (χ2n) is 5.71. The first-order chi connectivity index (χ1) is 10.7. The molecular formula is C18H21N3O. The number of carbonyl (C=O) groups excluding carboxylic acids is 1. The molecule has 1 amide bonds. The van der Waals surface area contributed by atoms with Crippen LogP contribution in [0.15, 0.2) is 48.5 Å². The van der Waals surface area contributed by atoms with Crippen LogP contribution in [0.1, 0.15) is 18.4 Å². The molecule has 0 aromatic heterocycles. The third-order valence-corrected chi connectivity index (χ3v) is 3.92. The zero-order valence-corrected chi connectivity index (χ0v) is 12.6. The van der Waals surface area contributed by atoms with Crippen molar-refractivity contribution in [1.29, 1.82) is 0 Å². The second kappa shape index (κ2) is 6.52. The molecule has 0 bridgehead atoms. The van der Waals surface area contributed by atoms with Gasteiger partial charge in [-0.1, -0.05) is 18.2 Å². The van der Waals surface area contributed by atoms with Gasteiger partial charge in [0.15, 0.2) is 0 Å². The molecule has 0 atom stereocenters. The average Bonchev–Trinajstić information content (AvgIpc) is 3.01. The SMILES string of the molecule is Nc1cccc(CC(=O)Nc2cccc(N3CCCC3)c2)c1. The van der Waals surface area contributed by atoms with Gasteiger partial charge in [0.05, 0.1) is 6.42 Å². The molecule has 114 valence electrons. The fraction of sp³-hybridized carbons (Fsp3) is 0.278. The molecule has 1 fully saturated rings. The summed E-state index contributed by atoms with van der Waals surface area (Å²) in [5, 5.41) is 2.97. The Morgan fingerprint density at radius 1 is 1.09 bits per heavy atom. The molecule has 0 unspecified atom stereocenters. The number of amides is 1. The Bertz CT molecular complexity index is 663. The molecule has 2 aromatic rings. The fourth-order valence-corrected chi connectivity index (χ4v) is 2.85. The topological polar surface area (TPSA) is 58.4 Å². The van der Waals surface area contributed by atoms with Crippen LogP contribution in [0, 0.1) is 0 Å². The van der Waals surface area contributed by atoms with Crippen LogP contribution in [0.2, 0.25) is 0 Å². The number of nitrogens with zero attached hydrogens (tertiary/aromatic N) is 1. The molecule has 0 aliphatic carbocycles. The molecule has 3 N–H and O–H groups in total. The summed E-state index contributed by atoms with van der Waals surface area (Å²) >= 11 is 0. The zero-order chi connectivity index (χ0) is 15.4. The highest BCUT2D eigenvalue weighted by molar-refractivity contribution is 5.92. The van der Waals surface area contributed by atoms with Crippen molar-refractivity contribution in [2.45, 2.75) is 19.3 Å². The number of benzene rings is 2. The lowest BCUT2D eigenvalue weighted by molar-refractivity contribution is -0.115. The molecule has 4 heteroatoms. The minimum Gasteiger partial charge on any atom is -0.399 e. The summed E-state index contributed by atoms with van der Waals surface area (Å²) in [5.74, 6) is -0.0239. The van der Waals surface area contributed by atoms with Gasteiger partial charge in [-0.3, -0.25) is 4.79 Å². The maximum absolute atomic E-state index is 12.2. The van der Waals surface area contributed by atoms with Crippen LogP contribution in [0.5, 0.6) is 0 Å². The van der Waals surface area contributed by atoms with Crippen LogP contribution in [-0.2, 0) is 11.2 Å². The van der Waals surface area contributed by atoms with Gasteiger partial charge in [0.1, 0.15) is 0 Å². The normalized spacial score (nSPS) is 14.1. The van der Waals surface area contributed by atoms with Crippen LogP contribution in [0.3, 0.4) is 0 Å². The third-order valence-electron chi connectivity index (χ3n) is 3.92. The van der Waals surface area contributed by atoms with E-state index in [0.29, 0.717) is 12.1 Å². The third kappa shape index (κ3) is 3.58. The highest BCUT2D eigenvalue weighted by atomic mass is 16.1. The predicted molar refractivity (Wildman–Crippen MR) is 91.1 cm³/mol. The smallest absolute Gasteiger partial charge is 0.228 e. The summed E-state index contributed by atoms with van der Waals surface area (Å²) < 4.78 is 0. The van der Waals surface area contributed by atoms with Crippen LogP contribution >= 0.6 is 0 Å². The summed E-state index contributed by atoms with van der Waals surface area (Å²) in [6.07, 6.45) is 2.82. The van der Waals surface area contributed by atoms with Gasteiger partial charge >= 0.3 is 0 Å². The molecule has 3 rings (SSSR count). The number of hydrogen-bond donors (Lipinski definition) is 2. The van der Waals surface area contributed by atoms with Crippen molar-refractivity contribution in [3.05, 3.63) is 54.1 Å². The molecule has 0 saturated carbocycles. The Balaban J connectivity index is 1.65. The predicted octanol–water partition coefficient (Wildman–Crippen LogP) is 3.05. The van der Waals surface area contributed by atoms with E-state index < -0.39 is 0 Å². The minimum absolute atomic E-state index is 0.0239. The average molecular weight is 295 g/mol. The van der Waals surface area contributed by atoms with E-state index in [2.05, 4.69) is 16.3 Å². The number of nitrogens with one attached hydrogen (secondary N) is 1. The quantitative estimate of drug-likeness (QED) is 0.852. The number of carbonyl (C=O) groups is 1. The first-order valence-electron chi connectivity index (χ1n) is 7.70. The van der Waals surface area contributed by atoms with Crippen molar-refractivity contribution in [1.82, 2.24) is 0 Å². The Hall–Kier alpha value is -2.49. The fourth-order valence-electron chi connectivity index (χ4n) is 2.85. The minimum atomic E-state index is -0.0239. The van der Waals surface area contributed by atoms with E-state index in [9.17, 15) is 4.79 Å².